The molecule has 7 nitrogen and oxygen atoms in total. The number of amides is 1. The summed E-state index contributed by atoms with van der Waals surface area (Å²) >= 11 is 0. The molecule has 0 unspecified atom stereocenters. The van der Waals surface area contributed by atoms with Crippen LogP contribution in [0.5, 0.6) is 5.75 Å². The highest BCUT2D eigenvalue weighted by atomic mass is 32.2. The van der Waals surface area contributed by atoms with Gasteiger partial charge in [0.05, 0.1) is 7.11 Å². The van der Waals surface area contributed by atoms with Crippen molar-refractivity contribution in [2.45, 2.75) is 37.0 Å². The molecule has 1 heterocycles. The van der Waals surface area contributed by atoms with Crippen LogP contribution in [0.3, 0.4) is 0 Å². The van der Waals surface area contributed by atoms with Gasteiger partial charge in [0.2, 0.25) is 10.0 Å². The van der Waals surface area contributed by atoms with Crippen LogP contribution in [0.2, 0.25) is 0 Å². The van der Waals surface area contributed by atoms with E-state index in [-0.39, 0.29) is 28.7 Å². The fourth-order valence-corrected chi connectivity index (χ4v) is 4.52. The summed E-state index contributed by atoms with van der Waals surface area (Å²) in [5.74, 6) is -0.139. The molecule has 1 aromatic carbocycles. The van der Waals surface area contributed by atoms with E-state index in [0.29, 0.717) is 26.1 Å². The first-order chi connectivity index (χ1) is 12.0. The lowest BCUT2D eigenvalue weighted by Gasteiger charge is -2.21. The number of sulfonamides is 1. The number of benzene rings is 1. The van der Waals surface area contributed by atoms with Gasteiger partial charge in [-0.3, -0.25) is 4.79 Å². The third-order valence-corrected chi connectivity index (χ3v) is 6.15. The second-order valence-electron chi connectivity index (χ2n) is 6.02. The predicted octanol–water partition coefficient (Wildman–Crippen LogP) is 1.37. The number of hydrogen-bond acceptors (Lipinski definition) is 5. The van der Waals surface area contributed by atoms with E-state index in [2.05, 4.69) is 5.32 Å². The average Bonchev–Trinajstić information content (AvgIpc) is 2.91. The van der Waals surface area contributed by atoms with Crippen LogP contribution >= 0.6 is 0 Å². The standard InChI is InChI=1S/C17H26N2O5S/c1-24-15-8-7-14(17(21)18-9-6-12-20)13-16(15)25(22,23)19-10-4-2-3-5-11-19/h7-8,13,20H,2-6,9-12H2,1H3,(H,18,21). The van der Waals surface area contributed by atoms with Crippen LogP contribution in [0.1, 0.15) is 42.5 Å². The van der Waals surface area contributed by atoms with E-state index < -0.39 is 10.0 Å². The van der Waals surface area contributed by atoms with E-state index in [1.807, 2.05) is 0 Å². The van der Waals surface area contributed by atoms with E-state index in [1.165, 1.54) is 29.6 Å². The summed E-state index contributed by atoms with van der Waals surface area (Å²) in [6.45, 7) is 1.28. The van der Waals surface area contributed by atoms with E-state index >= 15 is 0 Å². The predicted molar refractivity (Wildman–Crippen MR) is 94.3 cm³/mol. The van der Waals surface area contributed by atoms with Crippen LogP contribution in [0.4, 0.5) is 0 Å². The lowest BCUT2D eigenvalue weighted by molar-refractivity contribution is 0.0951. The zero-order valence-corrected chi connectivity index (χ0v) is 15.3. The van der Waals surface area contributed by atoms with Crippen molar-refractivity contribution in [3.8, 4) is 5.75 Å². The van der Waals surface area contributed by atoms with Crippen molar-refractivity contribution in [3.05, 3.63) is 23.8 Å². The minimum atomic E-state index is -3.72. The molecule has 0 spiro atoms. The Morgan fingerprint density at radius 3 is 2.52 bits per heavy atom. The number of rotatable bonds is 7. The third-order valence-electron chi connectivity index (χ3n) is 4.23. The first-order valence-electron chi connectivity index (χ1n) is 8.58. The molecule has 0 saturated carbocycles. The lowest BCUT2D eigenvalue weighted by Crippen LogP contribution is -2.32. The van der Waals surface area contributed by atoms with Crippen molar-refractivity contribution in [1.82, 2.24) is 9.62 Å². The smallest absolute Gasteiger partial charge is 0.251 e. The van der Waals surface area contributed by atoms with E-state index in [9.17, 15) is 13.2 Å². The molecular formula is C17H26N2O5S. The van der Waals surface area contributed by atoms with Crippen LogP contribution in [-0.2, 0) is 10.0 Å². The SMILES string of the molecule is COc1ccc(C(=O)NCCCO)cc1S(=O)(=O)N1CCCCCC1. The summed E-state index contributed by atoms with van der Waals surface area (Å²) < 4.78 is 32.8. The third kappa shape index (κ3) is 4.93. The molecule has 2 rings (SSSR count). The molecule has 0 bridgehead atoms. The number of aliphatic hydroxyl groups is 1. The number of nitrogens with zero attached hydrogens (tertiary/aromatic N) is 1. The number of methoxy groups -OCH3 is 1. The summed E-state index contributed by atoms with van der Waals surface area (Å²) in [6.07, 6.45) is 4.17. The second kappa shape index (κ2) is 9.17. The van der Waals surface area contributed by atoms with Gasteiger partial charge in [-0.1, -0.05) is 12.8 Å². The highest BCUT2D eigenvalue weighted by Crippen LogP contribution is 2.29. The van der Waals surface area contributed by atoms with Crippen molar-refractivity contribution >= 4 is 15.9 Å². The molecule has 2 N–H and O–H groups in total. The van der Waals surface area contributed by atoms with Crippen LogP contribution in [0, 0.1) is 0 Å². The molecule has 140 valence electrons. The van der Waals surface area contributed by atoms with Gasteiger partial charge < -0.3 is 15.2 Å². The molecular weight excluding hydrogens is 344 g/mol. The van der Waals surface area contributed by atoms with Crippen molar-refractivity contribution in [1.29, 1.82) is 0 Å². The zero-order chi connectivity index (χ0) is 18.3. The minimum absolute atomic E-state index is 0.0164. The number of nitrogens with one attached hydrogen (secondary N) is 1. The Balaban J connectivity index is 2.30. The molecule has 0 atom stereocenters. The Labute approximate surface area is 149 Å². The largest absolute Gasteiger partial charge is 0.495 e. The van der Waals surface area contributed by atoms with Crippen molar-refractivity contribution in [2.24, 2.45) is 0 Å². The van der Waals surface area contributed by atoms with E-state index in [4.69, 9.17) is 9.84 Å². The summed E-state index contributed by atoms with van der Waals surface area (Å²) in [5, 5.41) is 11.4. The Kier molecular flexibility index (Phi) is 7.22. The fraction of sp³-hybridized carbons (Fsp3) is 0.588. The van der Waals surface area contributed by atoms with Gasteiger partial charge >= 0.3 is 0 Å². The van der Waals surface area contributed by atoms with Gasteiger partial charge in [0.15, 0.2) is 0 Å². The first kappa shape index (κ1) is 19.7. The molecule has 1 aromatic rings. The number of hydrogen-bond donors (Lipinski definition) is 2. The highest BCUT2D eigenvalue weighted by molar-refractivity contribution is 7.89. The van der Waals surface area contributed by atoms with Gasteiger partial charge in [-0.2, -0.15) is 4.31 Å². The number of carbonyl (C=O) groups is 1. The molecule has 1 amide bonds. The van der Waals surface area contributed by atoms with Crippen LogP contribution in [-0.4, -0.2) is 57.1 Å². The maximum absolute atomic E-state index is 13.0. The Hall–Kier alpha value is -1.64. The van der Waals surface area contributed by atoms with Crippen LogP contribution in [0.25, 0.3) is 0 Å². The van der Waals surface area contributed by atoms with E-state index in [1.54, 1.807) is 0 Å². The zero-order valence-electron chi connectivity index (χ0n) is 14.5. The second-order valence-corrected chi connectivity index (χ2v) is 7.92. The van der Waals surface area contributed by atoms with Gasteiger partial charge in [0.1, 0.15) is 10.6 Å². The van der Waals surface area contributed by atoms with Gasteiger partial charge in [-0.25, -0.2) is 8.42 Å². The van der Waals surface area contributed by atoms with Crippen molar-refractivity contribution < 1.29 is 23.1 Å². The highest BCUT2D eigenvalue weighted by Gasteiger charge is 2.29. The minimum Gasteiger partial charge on any atom is -0.495 e. The monoisotopic (exact) mass is 370 g/mol. The van der Waals surface area contributed by atoms with E-state index in [0.717, 1.165) is 25.7 Å². The Morgan fingerprint density at radius 2 is 1.92 bits per heavy atom. The topological polar surface area (TPSA) is 95.9 Å². The average molecular weight is 370 g/mol. The van der Waals surface area contributed by atoms with Crippen molar-refractivity contribution in [2.75, 3.05) is 33.4 Å². The summed E-state index contributed by atoms with van der Waals surface area (Å²) in [4.78, 5) is 12.2. The molecule has 25 heavy (non-hydrogen) atoms. The van der Waals surface area contributed by atoms with Crippen LogP contribution < -0.4 is 10.1 Å². The van der Waals surface area contributed by atoms with Gasteiger partial charge in [-0.15, -0.1) is 0 Å². The summed E-state index contributed by atoms with van der Waals surface area (Å²) in [6, 6.07) is 4.41. The summed E-state index contributed by atoms with van der Waals surface area (Å²) in [5.41, 5.74) is 0.257. The normalized spacial score (nSPS) is 16.2. The quantitative estimate of drug-likeness (QED) is 0.707. The molecule has 1 saturated heterocycles. The van der Waals surface area contributed by atoms with Gasteiger partial charge in [0.25, 0.3) is 5.91 Å². The maximum atomic E-state index is 13.0. The molecule has 0 aliphatic carbocycles. The van der Waals surface area contributed by atoms with Gasteiger partial charge in [0, 0.05) is 31.8 Å². The Morgan fingerprint density at radius 1 is 1.24 bits per heavy atom. The molecule has 1 aliphatic rings. The van der Waals surface area contributed by atoms with Crippen molar-refractivity contribution in [3.63, 3.8) is 0 Å². The van der Waals surface area contributed by atoms with Gasteiger partial charge in [-0.05, 0) is 37.5 Å². The molecule has 1 aliphatic heterocycles. The lowest BCUT2D eigenvalue weighted by atomic mass is 10.2. The fourth-order valence-electron chi connectivity index (χ4n) is 2.82. The maximum Gasteiger partial charge on any atom is 0.251 e. The molecule has 0 aromatic heterocycles. The first-order valence-corrected chi connectivity index (χ1v) is 10.0. The molecule has 0 radical (unpaired) electrons. The number of aliphatic hydroxyl groups excluding tert-OH is 1. The number of ether oxygens (including phenoxy) is 1. The Bertz CT molecular complexity index is 682. The molecule has 8 heteroatoms. The summed E-state index contributed by atoms with van der Waals surface area (Å²) in [7, 11) is -2.31. The molecule has 1 fully saturated rings. The number of carbonyl (C=O) groups excluding carboxylic acids is 1. The van der Waals surface area contributed by atoms with Crippen LogP contribution in [0.15, 0.2) is 23.1 Å².